The van der Waals surface area contributed by atoms with E-state index in [0.29, 0.717) is 5.92 Å². The van der Waals surface area contributed by atoms with Crippen molar-refractivity contribution in [3.8, 4) is 0 Å². The summed E-state index contributed by atoms with van der Waals surface area (Å²) in [6.45, 7) is 9.74. The second-order valence-corrected chi connectivity index (χ2v) is 6.69. The number of carbonyl (C=O) groups is 1. The molecule has 0 saturated carbocycles. The first kappa shape index (κ1) is 18.4. The van der Waals surface area contributed by atoms with E-state index in [1.54, 1.807) is 0 Å². The number of rotatable bonds is 8. The third-order valence-corrected chi connectivity index (χ3v) is 4.15. The van der Waals surface area contributed by atoms with Crippen LogP contribution >= 0.6 is 0 Å². The van der Waals surface area contributed by atoms with Gasteiger partial charge in [0.1, 0.15) is 5.54 Å². The van der Waals surface area contributed by atoms with Gasteiger partial charge in [-0.3, -0.25) is 10.1 Å². The molecule has 1 heterocycles. The molecule has 1 atom stereocenters. The van der Waals surface area contributed by atoms with Gasteiger partial charge in [0.2, 0.25) is 0 Å². The van der Waals surface area contributed by atoms with E-state index in [-0.39, 0.29) is 12.0 Å². The molecule has 0 bridgehead atoms. The average molecular weight is 300 g/mol. The maximum atomic E-state index is 12.1. The predicted octanol–water partition coefficient (Wildman–Crippen LogP) is 1.66. The Bertz CT molecular complexity index is 317. The molecule has 0 spiro atoms. The third-order valence-electron chi connectivity index (χ3n) is 4.15. The molecule has 0 aliphatic carbocycles. The lowest BCUT2D eigenvalue weighted by atomic mass is 9.95. The number of hydrogen-bond donors (Lipinski definition) is 1. The van der Waals surface area contributed by atoms with Gasteiger partial charge in [0, 0.05) is 32.3 Å². The van der Waals surface area contributed by atoms with Gasteiger partial charge in [-0.05, 0) is 53.0 Å². The van der Waals surface area contributed by atoms with Crippen LogP contribution in [0.25, 0.3) is 0 Å². The molecule has 1 unspecified atom stereocenters. The average Bonchev–Trinajstić information content (AvgIpc) is 2.44. The molecule has 1 saturated heterocycles. The third kappa shape index (κ3) is 6.32. The first-order valence-electron chi connectivity index (χ1n) is 8.00. The minimum absolute atomic E-state index is 0.185. The molecule has 5 heteroatoms. The Hall–Kier alpha value is -0.650. The Morgan fingerprint density at radius 3 is 2.57 bits per heavy atom. The van der Waals surface area contributed by atoms with E-state index in [9.17, 15) is 4.79 Å². The predicted molar refractivity (Wildman–Crippen MR) is 84.3 cm³/mol. The van der Waals surface area contributed by atoms with Crippen LogP contribution in [0.5, 0.6) is 0 Å². The number of esters is 1. The fraction of sp³-hybridized carbons (Fsp3) is 0.938. The molecule has 124 valence electrons. The van der Waals surface area contributed by atoms with E-state index >= 15 is 0 Å². The van der Waals surface area contributed by atoms with Gasteiger partial charge in [-0.25, -0.2) is 0 Å². The van der Waals surface area contributed by atoms with E-state index in [1.807, 2.05) is 20.8 Å². The van der Waals surface area contributed by atoms with E-state index < -0.39 is 5.54 Å². The number of nitrogens with zero attached hydrogens (tertiary/aromatic N) is 1. The molecule has 1 fully saturated rings. The monoisotopic (exact) mass is 300 g/mol. The number of methoxy groups -OCH3 is 1. The molecule has 0 aromatic heterocycles. The van der Waals surface area contributed by atoms with Crippen molar-refractivity contribution in [3.05, 3.63) is 0 Å². The summed E-state index contributed by atoms with van der Waals surface area (Å²) in [6, 6.07) is 0.245. The number of nitrogens with one attached hydrogen (secondary N) is 1. The fourth-order valence-corrected chi connectivity index (χ4v) is 2.97. The molecule has 0 aromatic carbocycles. The van der Waals surface area contributed by atoms with Crippen molar-refractivity contribution in [2.45, 2.75) is 51.6 Å². The zero-order chi connectivity index (χ0) is 15.9. The Morgan fingerprint density at radius 2 is 2.05 bits per heavy atom. The van der Waals surface area contributed by atoms with Crippen molar-refractivity contribution in [1.82, 2.24) is 10.2 Å². The van der Waals surface area contributed by atoms with E-state index in [4.69, 9.17) is 9.47 Å². The molecule has 1 rings (SSSR count). The van der Waals surface area contributed by atoms with Crippen LogP contribution in [-0.4, -0.2) is 62.9 Å². The summed E-state index contributed by atoms with van der Waals surface area (Å²) in [5, 5.41) is 3.34. The quantitative estimate of drug-likeness (QED) is 0.691. The van der Waals surface area contributed by atoms with Crippen LogP contribution in [0.1, 0.15) is 40.0 Å². The lowest BCUT2D eigenvalue weighted by Crippen LogP contribution is -2.54. The lowest BCUT2D eigenvalue weighted by molar-refractivity contribution is -0.148. The van der Waals surface area contributed by atoms with Gasteiger partial charge in [-0.15, -0.1) is 0 Å². The van der Waals surface area contributed by atoms with Gasteiger partial charge in [-0.2, -0.15) is 0 Å². The van der Waals surface area contributed by atoms with Crippen molar-refractivity contribution >= 4 is 5.97 Å². The van der Waals surface area contributed by atoms with Gasteiger partial charge in [0.25, 0.3) is 0 Å². The van der Waals surface area contributed by atoms with E-state index in [2.05, 4.69) is 17.3 Å². The molecule has 1 aliphatic rings. The van der Waals surface area contributed by atoms with E-state index in [1.165, 1.54) is 7.11 Å². The van der Waals surface area contributed by atoms with Crippen molar-refractivity contribution in [2.24, 2.45) is 5.92 Å². The zero-order valence-corrected chi connectivity index (χ0v) is 14.3. The van der Waals surface area contributed by atoms with Crippen LogP contribution in [0, 0.1) is 5.92 Å². The number of hydrogen-bond acceptors (Lipinski definition) is 5. The summed E-state index contributed by atoms with van der Waals surface area (Å²) in [6.07, 6.45) is 3.03. The second kappa shape index (κ2) is 8.71. The maximum absolute atomic E-state index is 12.1. The topological polar surface area (TPSA) is 50.8 Å². The first-order chi connectivity index (χ1) is 9.87. The summed E-state index contributed by atoms with van der Waals surface area (Å²) < 4.78 is 10.4. The van der Waals surface area contributed by atoms with Crippen LogP contribution in [0.4, 0.5) is 0 Å². The fourth-order valence-electron chi connectivity index (χ4n) is 2.97. The van der Waals surface area contributed by atoms with Crippen LogP contribution in [0.3, 0.4) is 0 Å². The highest BCUT2D eigenvalue weighted by atomic mass is 16.5. The van der Waals surface area contributed by atoms with Gasteiger partial charge in [0.05, 0.1) is 7.11 Å². The van der Waals surface area contributed by atoms with Crippen LogP contribution < -0.4 is 5.32 Å². The van der Waals surface area contributed by atoms with Gasteiger partial charge >= 0.3 is 5.97 Å². The first-order valence-corrected chi connectivity index (χ1v) is 8.00. The molecule has 0 radical (unpaired) electrons. The molecule has 1 aliphatic heterocycles. The minimum atomic E-state index is -0.618. The second-order valence-electron chi connectivity index (χ2n) is 6.69. The van der Waals surface area contributed by atoms with Crippen molar-refractivity contribution in [3.63, 3.8) is 0 Å². The molecule has 0 aromatic rings. The largest absolute Gasteiger partial charge is 0.468 e. The number of carbonyl (C=O) groups excluding carboxylic acids is 1. The molecular weight excluding hydrogens is 268 g/mol. The molecule has 21 heavy (non-hydrogen) atoms. The van der Waals surface area contributed by atoms with Crippen LogP contribution in [-0.2, 0) is 14.3 Å². The normalized spacial score (nSPS) is 19.8. The Kier molecular flexibility index (Phi) is 7.63. The Balaban J connectivity index is 2.45. The summed E-state index contributed by atoms with van der Waals surface area (Å²) in [5.41, 5.74) is -0.618. The summed E-state index contributed by atoms with van der Waals surface area (Å²) in [7, 11) is 3.58. The highest BCUT2D eigenvalue weighted by molar-refractivity contribution is 5.80. The lowest BCUT2D eigenvalue weighted by Gasteiger charge is -2.33. The van der Waals surface area contributed by atoms with Gasteiger partial charge in [-0.1, -0.05) is 0 Å². The van der Waals surface area contributed by atoms with Crippen LogP contribution in [0.2, 0.25) is 0 Å². The zero-order valence-electron chi connectivity index (χ0n) is 14.3. The highest BCUT2D eigenvalue weighted by Crippen LogP contribution is 2.18. The van der Waals surface area contributed by atoms with Crippen molar-refractivity contribution in [1.29, 1.82) is 0 Å². The molecule has 5 nitrogen and oxygen atoms in total. The molecular formula is C16H32N2O3. The highest BCUT2D eigenvalue weighted by Gasteiger charge is 2.34. The van der Waals surface area contributed by atoms with Crippen molar-refractivity contribution in [2.75, 3.05) is 40.5 Å². The van der Waals surface area contributed by atoms with Gasteiger partial charge in [0.15, 0.2) is 0 Å². The van der Waals surface area contributed by atoms with Crippen molar-refractivity contribution < 1.29 is 14.3 Å². The number of ether oxygens (including phenoxy) is 2. The minimum Gasteiger partial charge on any atom is -0.468 e. The summed E-state index contributed by atoms with van der Waals surface area (Å²) in [4.78, 5) is 14.4. The Morgan fingerprint density at radius 1 is 1.43 bits per heavy atom. The molecule has 1 N–H and O–H groups in total. The SMILES string of the molecule is COC(=O)C(C)(CCN(C)CC1CCOCC1)NC(C)C. The standard InChI is InChI=1S/C16H32N2O3/c1-13(2)17-16(3,15(19)20-5)8-9-18(4)12-14-6-10-21-11-7-14/h13-14,17H,6-12H2,1-5H3. The summed E-state index contributed by atoms with van der Waals surface area (Å²) in [5.74, 6) is 0.529. The molecule has 0 amide bonds. The smallest absolute Gasteiger partial charge is 0.325 e. The van der Waals surface area contributed by atoms with E-state index in [0.717, 1.165) is 45.6 Å². The Labute approximate surface area is 129 Å². The summed E-state index contributed by atoms with van der Waals surface area (Å²) >= 11 is 0. The maximum Gasteiger partial charge on any atom is 0.325 e. The van der Waals surface area contributed by atoms with Crippen LogP contribution in [0.15, 0.2) is 0 Å². The van der Waals surface area contributed by atoms with Gasteiger partial charge < -0.3 is 14.4 Å².